The first-order valence-electron chi connectivity index (χ1n) is 4.90. The predicted molar refractivity (Wildman–Crippen MR) is 54.1 cm³/mol. The number of nitrogens with zero attached hydrogens (tertiary/aromatic N) is 4. The van der Waals surface area contributed by atoms with Crippen LogP contribution in [-0.2, 0) is 13.0 Å². The maximum atomic E-state index is 12.7. The Hall–Kier alpha value is -1.82. The van der Waals surface area contributed by atoms with E-state index in [2.05, 4.69) is 15.4 Å². The lowest BCUT2D eigenvalue weighted by molar-refractivity contribution is 0.259. The maximum Gasteiger partial charge on any atom is 0.179 e. The average molecular weight is 222 g/mol. The number of hydrogen-bond acceptors (Lipinski definition) is 4. The molecule has 0 aliphatic heterocycles. The quantitative estimate of drug-likeness (QED) is 0.813. The molecule has 0 unspecified atom stereocenters. The van der Waals surface area contributed by atoms with Gasteiger partial charge in [-0.05, 0) is 22.9 Å². The molecule has 0 fully saturated rings. The van der Waals surface area contributed by atoms with Gasteiger partial charge in [0.2, 0.25) is 0 Å². The highest BCUT2D eigenvalue weighted by molar-refractivity contribution is 5.19. The van der Waals surface area contributed by atoms with Crippen LogP contribution in [0.4, 0.5) is 4.39 Å². The number of halogens is 1. The third-order valence-corrected chi connectivity index (χ3v) is 2.07. The van der Waals surface area contributed by atoms with Gasteiger partial charge in [-0.2, -0.15) is 4.80 Å². The minimum absolute atomic E-state index is 0.0215. The van der Waals surface area contributed by atoms with Crippen molar-refractivity contribution in [2.24, 2.45) is 0 Å². The van der Waals surface area contributed by atoms with E-state index < -0.39 is 0 Å². The van der Waals surface area contributed by atoms with Gasteiger partial charge < -0.3 is 5.11 Å². The number of aliphatic hydroxyl groups excluding tert-OH is 1. The van der Waals surface area contributed by atoms with Crippen molar-refractivity contribution in [2.75, 3.05) is 6.61 Å². The third kappa shape index (κ3) is 2.60. The Labute approximate surface area is 91.5 Å². The van der Waals surface area contributed by atoms with Gasteiger partial charge in [0.05, 0.1) is 13.2 Å². The fourth-order valence-corrected chi connectivity index (χ4v) is 1.32. The van der Waals surface area contributed by atoms with E-state index in [1.807, 2.05) is 0 Å². The van der Waals surface area contributed by atoms with E-state index in [1.165, 1.54) is 16.9 Å². The summed E-state index contributed by atoms with van der Waals surface area (Å²) in [4.78, 5) is 1.33. The number of benzene rings is 1. The SMILES string of the molecule is OCCn1nnc(Cc2ccc(F)cc2)n1. The van der Waals surface area contributed by atoms with E-state index in [0.717, 1.165) is 5.56 Å². The second kappa shape index (κ2) is 4.80. The molecule has 0 aliphatic carbocycles. The molecule has 16 heavy (non-hydrogen) atoms. The first-order chi connectivity index (χ1) is 7.78. The Morgan fingerprint density at radius 3 is 2.69 bits per heavy atom. The van der Waals surface area contributed by atoms with Crippen molar-refractivity contribution in [1.29, 1.82) is 0 Å². The molecule has 0 amide bonds. The molecule has 2 rings (SSSR count). The largest absolute Gasteiger partial charge is 0.394 e. The molecule has 1 N–H and O–H groups in total. The fraction of sp³-hybridized carbons (Fsp3) is 0.300. The molecule has 0 saturated carbocycles. The summed E-state index contributed by atoms with van der Waals surface area (Å²) in [6, 6.07) is 6.16. The van der Waals surface area contributed by atoms with E-state index in [4.69, 9.17) is 5.11 Å². The van der Waals surface area contributed by atoms with Crippen LogP contribution in [0.3, 0.4) is 0 Å². The summed E-state index contributed by atoms with van der Waals surface area (Å²) in [5.41, 5.74) is 0.921. The van der Waals surface area contributed by atoms with Crippen LogP contribution in [-0.4, -0.2) is 31.9 Å². The van der Waals surface area contributed by atoms with Gasteiger partial charge in [-0.25, -0.2) is 4.39 Å². The van der Waals surface area contributed by atoms with Crippen molar-refractivity contribution in [1.82, 2.24) is 20.2 Å². The van der Waals surface area contributed by atoms with Crippen molar-refractivity contribution >= 4 is 0 Å². The number of rotatable bonds is 4. The van der Waals surface area contributed by atoms with Crippen LogP contribution in [0, 0.1) is 5.82 Å². The minimum Gasteiger partial charge on any atom is -0.394 e. The summed E-state index contributed by atoms with van der Waals surface area (Å²) in [6.45, 7) is 0.308. The number of aromatic nitrogens is 4. The van der Waals surface area contributed by atoms with Gasteiger partial charge in [-0.15, -0.1) is 10.2 Å². The smallest absolute Gasteiger partial charge is 0.179 e. The van der Waals surface area contributed by atoms with Crippen LogP contribution in [0.25, 0.3) is 0 Å². The highest BCUT2D eigenvalue weighted by atomic mass is 19.1. The summed E-state index contributed by atoms with van der Waals surface area (Å²) in [5.74, 6) is 0.292. The van der Waals surface area contributed by atoms with Crippen molar-refractivity contribution in [2.45, 2.75) is 13.0 Å². The highest BCUT2D eigenvalue weighted by Gasteiger charge is 2.03. The molecule has 0 bridgehead atoms. The Balaban J connectivity index is 2.05. The van der Waals surface area contributed by atoms with Crippen LogP contribution in [0.2, 0.25) is 0 Å². The summed E-state index contributed by atoms with van der Waals surface area (Å²) >= 11 is 0. The Morgan fingerprint density at radius 1 is 1.25 bits per heavy atom. The van der Waals surface area contributed by atoms with Gasteiger partial charge in [-0.1, -0.05) is 12.1 Å². The average Bonchev–Trinajstić information content (AvgIpc) is 2.70. The lowest BCUT2D eigenvalue weighted by atomic mass is 10.1. The fourth-order valence-electron chi connectivity index (χ4n) is 1.32. The van der Waals surface area contributed by atoms with Crippen LogP contribution in [0.1, 0.15) is 11.4 Å². The van der Waals surface area contributed by atoms with Gasteiger partial charge in [0.15, 0.2) is 5.82 Å². The lowest BCUT2D eigenvalue weighted by Crippen LogP contribution is -2.06. The van der Waals surface area contributed by atoms with E-state index >= 15 is 0 Å². The molecule has 0 spiro atoms. The summed E-state index contributed by atoms with van der Waals surface area (Å²) < 4.78 is 12.7. The summed E-state index contributed by atoms with van der Waals surface area (Å²) in [7, 11) is 0. The number of hydrogen-bond donors (Lipinski definition) is 1. The van der Waals surface area contributed by atoms with Gasteiger partial charge in [0.1, 0.15) is 5.82 Å². The molecule has 84 valence electrons. The lowest BCUT2D eigenvalue weighted by Gasteiger charge is -1.96. The van der Waals surface area contributed by atoms with Crippen molar-refractivity contribution < 1.29 is 9.50 Å². The predicted octanol–water partition coefficient (Wildman–Crippen LogP) is 0.395. The molecule has 6 heteroatoms. The molecule has 1 aromatic heterocycles. The Kier molecular flexibility index (Phi) is 3.21. The zero-order valence-electron chi connectivity index (χ0n) is 8.54. The van der Waals surface area contributed by atoms with Gasteiger partial charge in [-0.3, -0.25) is 0 Å². The van der Waals surface area contributed by atoms with E-state index in [0.29, 0.717) is 18.8 Å². The maximum absolute atomic E-state index is 12.7. The molecule has 0 radical (unpaired) electrons. The van der Waals surface area contributed by atoms with Crippen LogP contribution >= 0.6 is 0 Å². The molecule has 1 aromatic carbocycles. The topological polar surface area (TPSA) is 63.8 Å². The minimum atomic E-state index is -0.263. The number of aliphatic hydroxyl groups is 1. The molecular weight excluding hydrogens is 211 g/mol. The molecule has 2 aromatic rings. The van der Waals surface area contributed by atoms with Gasteiger partial charge >= 0.3 is 0 Å². The molecule has 1 heterocycles. The normalized spacial score (nSPS) is 10.6. The van der Waals surface area contributed by atoms with E-state index in [9.17, 15) is 4.39 Å². The van der Waals surface area contributed by atoms with Crippen LogP contribution in [0.5, 0.6) is 0 Å². The Morgan fingerprint density at radius 2 is 2.00 bits per heavy atom. The molecule has 0 saturated heterocycles. The summed E-state index contributed by atoms with van der Waals surface area (Å²) in [5, 5.41) is 20.3. The first-order valence-corrected chi connectivity index (χ1v) is 4.90. The van der Waals surface area contributed by atoms with Crippen molar-refractivity contribution in [3.63, 3.8) is 0 Å². The van der Waals surface area contributed by atoms with Crippen LogP contribution < -0.4 is 0 Å². The van der Waals surface area contributed by atoms with Gasteiger partial charge in [0, 0.05) is 6.42 Å². The second-order valence-corrected chi connectivity index (χ2v) is 3.33. The molecule has 0 atom stereocenters. The highest BCUT2D eigenvalue weighted by Crippen LogP contribution is 2.06. The summed E-state index contributed by atoms with van der Waals surface area (Å²) in [6.07, 6.45) is 0.506. The molecular formula is C10H11FN4O. The third-order valence-electron chi connectivity index (χ3n) is 2.07. The number of tetrazole rings is 1. The van der Waals surface area contributed by atoms with Crippen molar-refractivity contribution in [3.8, 4) is 0 Å². The van der Waals surface area contributed by atoms with E-state index in [-0.39, 0.29) is 12.4 Å². The van der Waals surface area contributed by atoms with Gasteiger partial charge in [0.25, 0.3) is 0 Å². The molecule has 0 aliphatic rings. The Bertz CT molecular complexity index is 454. The van der Waals surface area contributed by atoms with Crippen LogP contribution in [0.15, 0.2) is 24.3 Å². The zero-order chi connectivity index (χ0) is 11.4. The second-order valence-electron chi connectivity index (χ2n) is 3.33. The zero-order valence-corrected chi connectivity index (χ0v) is 8.54. The molecule has 5 nitrogen and oxygen atoms in total. The van der Waals surface area contributed by atoms with Crippen molar-refractivity contribution in [3.05, 3.63) is 41.5 Å². The standard InChI is InChI=1S/C10H11FN4O/c11-9-3-1-8(2-4-9)7-10-12-14-15(13-10)5-6-16/h1-4,16H,5-7H2. The first kappa shape index (κ1) is 10.7. The van der Waals surface area contributed by atoms with E-state index in [1.54, 1.807) is 12.1 Å². The monoisotopic (exact) mass is 222 g/mol.